The molecule has 0 bridgehead atoms. The highest BCUT2D eigenvalue weighted by atomic mass is 19.4. The second-order valence-electron chi connectivity index (χ2n) is 6.08. The van der Waals surface area contributed by atoms with E-state index in [1.54, 1.807) is 12.1 Å². The summed E-state index contributed by atoms with van der Waals surface area (Å²) in [5, 5.41) is 2.52. The highest BCUT2D eigenvalue weighted by Crippen LogP contribution is 2.29. The third-order valence-corrected chi connectivity index (χ3v) is 3.97. The Balaban J connectivity index is 1.99. The molecule has 0 aliphatic rings. The predicted octanol–water partition coefficient (Wildman–Crippen LogP) is 5.16. The van der Waals surface area contributed by atoms with Crippen LogP contribution in [0.2, 0.25) is 0 Å². The molecule has 0 aliphatic carbocycles. The molecule has 1 unspecified atom stereocenters. The molecule has 146 valence electrons. The number of alkyl halides is 3. The number of amides is 1. The van der Waals surface area contributed by atoms with Crippen molar-refractivity contribution in [1.29, 1.82) is 0 Å². The highest BCUT2D eigenvalue weighted by Gasteiger charge is 2.28. The Morgan fingerprint density at radius 2 is 1.67 bits per heavy atom. The quantitative estimate of drug-likeness (QED) is 0.687. The van der Waals surface area contributed by atoms with Crippen LogP contribution in [0.3, 0.4) is 0 Å². The van der Waals surface area contributed by atoms with Gasteiger partial charge in [-0.15, -0.1) is 0 Å². The molecule has 0 heterocycles. The average molecular weight is 381 g/mol. The normalized spacial score (nSPS) is 12.3. The Bertz CT molecular complexity index is 762. The van der Waals surface area contributed by atoms with Crippen molar-refractivity contribution in [2.24, 2.45) is 0 Å². The standard InChI is InChI=1S/C20H22F3NO3/c1-3-14(2)15-8-4-6-10-17(15)26-12-19(25)24-16-9-5-7-11-18(16)27-13-20(21,22)23/h4-11,14H,3,12-13H2,1-2H3,(H,24,25). The predicted molar refractivity (Wildman–Crippen MR) is 97.3 cm³/mol. The molecule has 0 fully saturated rings. The molecule has 4 nitrogen and oxygen atoms in total. The Morgan fingerprint density at radius 3 is 2.33 bits per heavy atom. The van der Waals surface area contributed by atoms with Crippen molar-refractivity contribution < 1.29 is 27.4 Å². The van der Waals surface area contributed by atoms with E-state index in [0.29, 0.717) is 5.75 Å². The summed E-state index contributed by atoms with van der Waals surface area (Å²) < 4.78 is 47.4. The molecule has 0 aromatic heterocycles. The fraction of sp³-hybridized carbons (Fsp3) is 0.350. The van der Waals surface area contributed by atoms with E-state index in [4.69, 9.17) is 9.47 Å². The molecule has 2 aromatic rings. The van der Waals surface area contributed by atoms with Crippen molar-refractivity contribution in [3.05, 3.63) is 54.1 Å². The van der Waals surface area contributed by atoms with Gasteiger partial charge in [0.2, 0.25) is 0 Å². The van der Waals surface area contributed by atoms with E-state index in [-0.39, 0.29) is 24.0 Å². The van der Waals surface area contributed by atoms with E-state index in [2.05, 4.69) is 19.2 Å². The second kappa shape index (κ2) is 9.30. The third-order valence-electron chi connectivity index (χ3n) is 3.97. The van der Waals surface area contributed by atoms with Gasteiger partial charge >= 0.3 is 6.18 Å². The summed E-state index contributed by atoms with van der Waals surface area (Å²) in [4.78, 5) is 12.2. The van der Waals surface area contributed by atoms with Gasteiger partial charge in [0.25, 0.3) is 5.91 Å². The maximum absolute atomic E-state index is 12.3. The topological polar surface area (TPSA) is 47.6 Å². The summed E-state index contributed by atoms with van der Waals surface area (Å²) in [6.07, 6.45) is -3.53. The molecule has 0 saturated carbocycles. The van der Waals surface area contributed by atoms with Crippen molar-refractivity contribution in [3.63, 3.8) is 0 Å². The van der Waals surface area contributed by atoms with Gasteiger partial charge in [0.15, 0.2) is 13.2 Å². The number of rotatable bonds is 8. The maximum Gasteiger partial charge on any atom is 0.422 e. The summed E-state index contributed by atoms with van der Waals surface area (Å²) in [5.41, 5.74) is 1.16. The zero-order valence-electron chi connectivity index (χ0n) is 15.2. The molecule has 0 spiro atoms. The lowest BCUT2D eigenvalue weighted by Gasteiger charge is -2.16. The first-order chi connectivity index (χ1) is 12.8. The molecule has 2 rings (SSSR count). The Kier molecular flexibility index (Phi) is 7.10. The van der Waals surface area contributed by atoms with Gasteiger partial charge in [0, 0.05) is 0 Å². The molecule has 7 heteroatoms. The molecule has 0 aliphatic heterocycles. The fourth-order valence-corrected chi connectivity index (χ4v) is 2.42. The third kappa shape index (κ3) is 6.51. The number of para-hydroxylation sites is 3. The first-order valence-electron chi connectivity index (χ1n) is 8.60. The molecule has 0 radical (unpaired) electrons. The van der Waals surface area contributed by atoms with Gasteiger partial charge in [0.1, 0.15) is 11.5 Å². The van der Waals surface area contributed by atoms with Gasteiger partial charge in [-0.25, -0.2) is 0 Å². The molecule has 1 N–H and O–H groups in total. The molecule has 1 atom stereocenters. The van der Waals surface area contributed by atoms with Crippen LogP contribution in [0, 0.1) is 0 Å². The monoisotopic (exact) mass is 381 g/mol. The molecule has 27 heavy (non-hydrogen) atoms. The summed E-state index contributed by atoms with van der Waals surface area (Å²) >= 11 is 0. The number of halogens is 3. The van der Waals surface area contributed by atoms with E-state index in [1.807, 2.05) is 18.2 Å². The minimum atomic E-state index is -4.46. The van der Waals surface area contributed by atoms with Crippen LogP contribution in [0.1, 0.15) is 31.7 Å². The summed E-state index contributed by atoms with van der Waals surface area (Å²) in [6.45, 7) is 2.43. The minimum Gasteiger partial charge on any atom is -0.483 e. The lowest BCUT2D eigenvalue weighted by Crippen LogP contribution is -2.22. The minimum absolute atomic E-state index is 0.0526. The van der Waals surface area contributed by atoms with Crippen LogP contribution < -0.4 is 14.8 Å². The average Bonchev–Trinajstić information content (AvgIpc) is 2.64. The van der Waals surface area contributed by atoms with Gasteiger partial charge in [-0.1, -0.05) is 44.2 Å². The van der Waals surface area contributed by atoms with Crippen molar-refractivity contribution in [2.75, 3.05) is 18.5 Å². The first-order valence-corrected chi connectivity index (χ1v) is 8.60. The Labute approximate surface area is 156 Å². The number of carbonyl (C=O) groups excluding carboxylic acids is 1. The van der Waals surface area contributed by atoms with Crippen molar-refractivity contribution >= 4 is 11.6 Å². The van der Waals surface area contributed by atoms with Crippen LogP contribution in [0.25, 0.3) is 0 Å². The van der Waals surface area contributed by atoms with Gasteiger partial charge in [-0.3, -0.25) is 4.79 Å². The number of hydrogen-bond donors (Lipinski definition) is 1. The summed E-state index contributed by atoms with van der Waals surface area (Å²) in [7, 11) is 0. The van der Waals surface area contributed by atoms with Crippen molar-refractivity contribution in [2.45, 2.75) is 32.4 Å². The maximum atomic E-state index is 12.3. The van der Waals surface area contributed by atoms with Gasteiger partial charge < -0.3 is 14.8 Å². The molecular weight excluding hydrogens is 359 g/mol. The molecule has 1 amide bonds. The Morgan fingerprint density at radius 1 is 1.04 bits per heavy atom. The number of hydrogen-bond acceptors (Lipinski definition) is 3. The summed E-state index contributed by atoms with van der Waals surface area (Å²) in [6, 6.07) is 13.4. The fourth-order valence-electron chi connectivity index (χ4n) is 2.42. The Hall–Kier alpha value is -2.70. The number of nitrogens with one attached hydrogen (secondary N) is 1. The summed E-state index contributed by atoms with van der Waals surface area (Å²) in [5.74, 6) is 0.351. The zero-order chi connectivity index (χ0) is 19.9. The lowest BCUT2D eigenvalue weighted by molar-refractivity contribution is -0.153. The van der Waals surface area contributed by atoms with Crippen molar-refractivity contribution in [3.8, 4) is 11.5 Å². The lowest BCUT2D eigenvalue weighted by atomic mass is 9.98. The molecule has 2 aromatic carbocycles. The van der Waals surface area contributed by atoms with Gasteiger partial charge in [0.05, 0.1) is 5.69 Å². The van der Waals surface area contributed by atoms with Crippen LogP contribution in [0.4, 0.5) is 18.9 Å². The zero-order valence-corrected chi connectivity index (χ0v) is 15.2. The highest BCUT2D eigenvalue weighted by molar-refractivity contribution is 5.93. The SMILES string of the molecule is CCC(C)c1ccccc1OCC(=O)Nc1ccccc1OCC(F)(F)F. The van der Waals surface area contributed by atoms with E-state index < -0.39 is 18.7 Å². The largest absolute Gasteiger partial charge is 0.483 e. The van der Waals surface area contributed by atoms with Crippen LogP contribution in [0.5, 0.6) is 11.5 Å². The van der Waals surface area contributed by atoms with E-state index in [0.717, 1.165) is 12.0 Å². The van der Waals surface area contributed by atoms with Crippen LogP contribution in [-0.2, 0) is 4.79 Å². The van der Waals surface area contributed by atoms with Crippen LogP contribution in [0.15, 0.2) is 48.5 Å². The van der Waals surface area contributed by atoms with Crippen LogP contribution >= 0.6 is 0 Å². The first kappa shape index (κ1) is 20.6. The molecular formula is C20H22F3NO3. The smallest absolute Gasteiger partial charge is 0.422 e. The number of benzene rings is 2. The second-order valence-corrected chi connectivity index (χ2v) is 6.08. The van der Waals surface area contributed by atoms with Gasteiger partial charge in [-0.05, 0) is 36.1 Å². The van der Waals surface area contributed by atoms with Gasteiger partial charge in [-0.2, -0.15) is 13.2 Å². The number of carbonyl (C=O) groups is 1. The van der Waals surface area contributed by atoms with E-state index in [1.165, 1.54) is 18.2 Å². The molecule has 0 saturated heterocycles. The van der Waals surface area contributed by atoms with E-state index >= 15 is 0 Å². The van der Waals surface area contributed by atoms with Crippen LogP contribution in [-0.4, -0.2) is 25.3 Å². The number of anilines is 1. The number of ether oxygens (including phenoxy) is 2. The van der Waals surface area contributed by atoms with E-state index in [9.17, 15) is 18.0 Å². The van der Waals surface area contributed by atoms with Crippen molar-refractivity contribution in [1.82, 2.24) is 0 Å².